The summed E-state index contributed by atoms with van der Waals surface area (Å²) in [7, 11) is -0.856. The molecular weight excluding hydrogens is 424 g/mol. The van der Waals surface area contributed by atoms with Gasteiger partial charge in [0.25, 0.3) is 15.9 Å². The second-order valence-electron chi connectivity index (χ2n) is 6.64. The molecule has 0 spiro atoms. The Balaban J connectivity index is 1.86. The zero-order valence-corrected chi connectivity index (χ0v) is 18.3. The van der Waals surface area contributed by atoms with Crippen molar-refractivity contribution in [2.24, 2.45) is 0 Å². The number of benzene rings is 3. The molecule has 0 saturated heterocycles. The van der Waals surface area contributed by atoms with Gasteiger partial charge in [-0.15, -0.1) is 0 Å². The molecule has 0 aliphatic heterocycles. The molecule has 0 aliphatic rings. The lowest BCUT2D eigenvalue weighted by Gasteiger charge is -2.20. The maximum Gasteiger partial charge on any atom is 0.264 e. The Kier molecular flexibility index (Phi) is 6.34. The van der Waals surface area contributed by atoms with E-state index in [4.69, 9.17) is 16.3 Å². The lowest BCUT2D eigenvalue weighted by Crippen LogP contribution is -2.27. The number of carbonyl (C=O) groups is 1. The smallest absolute Gasteiger partial charge is 0.264 e. The first kappa shape index (κ1) is 21.7. The first-order valence-electron chi connectivity index (χ1n) is 9.03. The number of methoxy groups -OCH3 is 1. The third kappa shape index (κ3) is 4.58. The number of hydrogen-bond donors (Lipinski definition) is 1. The number of rotatable bonds is 6. The molecule has 3 aromatic carbocycles. The minimum atomic E-state index is -3.84. The van der Waals surface area contributed by atoms with Crippen LogP contribution < -0.4 is 14.4 Å². The number of sulfonamides is 1. The number of aryl methyl sites for hydroxylation is 1. The van der Waals surface area contributed by atoms with Gasteiger partial charge in [0, 0.05) is 18.3 Å². The Bertz CT molecular complexity index is 1200. The Morgan fingerprint density at radius 3 is 2.43 bits per heavy atom. The highest BCUT2D eigenvalue weighted by molar-refractivity contribution is 7.92. The number of hydrogen-bond acceptors (Lipinski definition) is 4. The fraction of sp³-hybridized carbons (Fsp3) is 0.136. The van der Waals surface area contributed by atoms with Crippen molar-refractivity contribution in [1.82, 2.24) is 0 Å². The van der Waals surface area contributed by atoms with Crippen molar-refractivity contribution < 1.29 is 17.9 Å². The van der Waals surface area contributed by atoms with Crippen molar-refractivity contribution in [2.75, 3.05) is 23.8 Å². The van der Waals surface area contributed by atoms with Crippen LogP contribution >= 0.6 is 11.6 Å². The van der Waals surface area contributed by atoms with Crippen molar-refractivity contribution in [2.45, 2.75) is 11.8 Å². The monoisotopic (exact) mass is 444 g/mol. The number of amides is 1. The zero-order valence-electron chi connectivity index (χ0n) is 16.7. The van der Waals surface area contributed by atoms with Crippen LogP contribution in [0.25, 0.3) is 0 Å². The van der Waals surface area contributed by atoms with Crippen LogP contribution in [0.4, 0.5) is 11.4 Å². The van der Waals surface area contributed by atoms with Gasteiger partial charge in [-0.25, -0.2) is 8.42 Å². The summed E-state index contributed by atoms with van der Waals surface area (Å²) in [6.07, 6.45) is 0. The van der Waals surface area contributed by atoms with E-state index in [9.17, 15) is 13.2 Å². The molecule has 0 atom stereocenters. The summed E-state index contributed by atoms with van der Waals surface area (Å²) in [4.78, 5) is 12.7. The molecule has 8 heteroatoms. The number of halogens is 1. The average molecular weight is 445 g/mol. The number of nitrogens with zero attached hydrogens (tertiary/aromatic N) is 1. The van der Waals surface area contributed by atoms with Gasteiger partial charge in [-0.3, -0.25) is 9.10 Å². The maximum atomic E-state index is 13.1. The maximum absolute atomic E-state index is 13.1. The third-order valence-electron chi connectivity index (χ3n) is 4.53. The van der Waals surface area contributed by atoms with Crippen molar-refractivity contribution in [3.63, 3.8) is 0 Å². The molecule has 0 aromatic heterocycles. The topological polar surface area (TPSA) is 75.7 Å². The van der Waals surface area contributed by atoms with Gasteiger partial charge in [0.1, 0.15) is 5.75 Å². The Labute approximate surface area is 181 Å². The van der Waals surface area contributed by atoms with Crippen LogP contribution in [0.1, 0.15) is 15.9 Å². The average Bonchev–Trinajstić information content (AvgIpc) is 2.73. The number of carbonyl (C=O) groups excluding carboxylic acids is 1. The van der Waals surface area contributed by atoms with E-state index in [0.717, 1.165) is 5.56 Å². The lowest BCUT2D eigenvalue weighted by molar-refractivity contribution is 0.102. The molecule has 0 aliphatic carbocycles. The van der Waals surface area contributed by atoms with Crippen molar-refractivity contribution in [1.29, 1.82) is 0 Å². The van der Waals surface area contributed by atoms with Crippen LogP contribution in [-0.4, -0.2) is 28.5 Å². The zero-order chi connectivity index (χ0) is 21.9. The minimum absolute atomic E-state index is 0.0203. The summed E-state index contributed by atoms with van der Waals surface area (Å²) in [5.41, 5.74) is 2.16. The predicted molar refractivity (Wildman–Crippen MR) is 119 cm³/mol. The molecule has 0 heterocycles. The summed E-state index contributed by atoms with van der Waals surface area (Å²) >= 11 is 6.09. The van der Waals surface area contributed by atoms with Gasteiger partial charge in [-0.1, -0.05) is 29.8 Å². The first-order chi connectivity index (χ1) is 14.2. The third-order valence-corrected chi connectivity index (χ3v) is 6.61. The van der Waals surface area contributed by atoms with Crippen LogP contribution in [0.3, 0.4) is 0 Å². The molecule has 1 N–H and O–H groups in total. The predicted octanol–water partition coefficient (Wildman–Crippen LogP) is 4.73. The largest absolute Gasteiger partial charge is 0.495 e. The van der Waals surface area contributed by atoms with E-state index in [2.05, 4.69) is 5.32 Å². The van der Waals surface area contributed by atoms with Gasteiger partial charge >= 0.3 is 0 Å². The van der Waals surface area contributed by atoms with E-state index in [0.29, 0.717) is 22.1 Å². The molecule has 156 valence electrons. The van der Waals surface area contributed by atoms with Crippen molar-refractivity contribution in [3.05, 3.63) is 82.9 Å². The van der Waals surface area contributed by atoms with Crippen LogP contribution in [-0.2, 0) is 10.0 Å². The summed E-state index contributed by atoms with van der Waals surface area (Å²) in [6, 6.07) is 17.9. The van der Waals surface area contributed by atoms with E-state index in [-0.39, 0.29) is 10.5 Å². The van der Waals surface area contributed by atoms with Crippen LogP contribution in [0.2, 0.25) is 5.02 Å². The number of ether oxygens (including phenoxy) is 1. The van der Waals surface area contributed by atoms with Crippen molar-refractivity contribution in [3.8, 4) is 5.75 Å². The summed E-state index contributed by atoms with van der Waals surface area (Å²) in [5.74, 6) is 0.0356. The molecule has 3 rings (SSSR count). The fourth-order valence-electron chi connectivity index (χ4n) is 2.87. The first-order valence-corrected chi connectivity index (χ1v) is 10.8. The molecule has 6 nitrogen and oxygen atoms in total. The standard InChI is InChI=1S/C22H21ClN2O4S/c1-15-6-4-8-18(12-15)25(2)30(27,28)19-9-5-7-16(13-19)22(26)24-17-10-11-21(29-3)20(23)14-17/h4-14H,1-3H3,(H,24,26). The second-order valence-corrected chi connectivity index (χ2v) is 9.02. The van der Waals surface area contributed by atoms with E-state index >= 15 is 0 Å². The molecule has 3 aromatic rings. The van der Waals surface area contributed by atoms with Gasteiger partial charge in [0.2, 0.25) is 0 Å². The van der Waals surface area contributed by atoms with Crippen LogP contribution in [0.15, 0.2) is 71.6 Å². The molecule has 1 amide bonds. The summed E-state index contributed by atoms with van der Waals surface area (Å²) in [5, 5.41) is 3.06. The van der Waals surface area contributed by atoms with Gasteiger partial charge < -0.3 is 10.1 Å². The van der Waals surface area contributed by atoms with Crippen LogP contribution in [0.5, 0.6) is 5.75 Å². The number of nitrogens with one attached hydrogen (secondary N) is 1. The van der Waals surface area contributed by atoms with E-state index in [1.54, 1.807) is 42.5 Å². The molecule has 0 fully saturated rings. The van der Waals surface area contributed by atoms with Crippen molar-refractivity contribution >= 4 is 38.9 Å². The Hall–Kier alpha value is -3.03. The quantitative estimate of drug-likeness (QED) is 0.596. The van der Waals surface area contributed by atoms with E-state index in [1.807, 2.05) is 13.0 Å². The SMILES string of the molecule is COc1ccc(NC(=O)c2cccc(S(=O)(=O)N(C)c3cccc(C)c3)c2)cc1Cl. The molecule has 0 bridgehead atoms. The Morgan fingerprint density at radius 1 is 1.03 bits per heavy atom. The minimum Gasteiger partial charge on any atom is -0.495 e. The summed E-state index contributed by atoms with van der Waals surface area (Å²) in [6.45, 7) is 1.89. The molecule has 0 unspecified atom stereocenters. The highest BCUT2D eigenvalue weighted by Crippen LogP contribution is 2.28. The van der Waals surface area contributed by atoms with Gasteiger partial charge in [0.05, 0.1) is 22.7 Å². The van der Waals surface area contributed by atoms with Crippen LogP contribution in [0, 0.1) is 6.92 Å². The van der Waals surface area contributed by atoms with E-state index in [1.165, 1.54) is 36.7 Å². The van der Waals surface area contributed by atoms with Gasteiger partial charge in [-0.2, -0.15) is 0 Å². The van der Waals surface area contributed by atoms with Gasteiger partial charge in [-0.05, 0) is 61.0 Å². The lowest BCUT2D eigenvalue weighted by atomic mass is 10.2. The highest BCUT2D eigenvalue weighted by Gasteiger charge is 2.22. The Morgan fingerprint density at radius 2 is 1.77 bits per heavy atom. The van der Waals surface area contributed by atoms with E-state index < -0.39 is 15.9 Å². The highest BCUT2D eigenvalue weighted by atomic mass is 35.5. The molecule has 0 radical (unpaired) electrons. The molecular formula is C22H21ClN2O4S. The summed E-state index contributed by atoms with van der Waals surface area (Å²) < 4.78 is 32.4. The molecule has 30 heavy (non-hydrogen) atoms. The molecule has 0 saturated carbocycles. The fourth-order valence-corrected chi connectivity index (χ4v) is 4.36. The van der Waals surface area contributed by atoms with Gasteiger partial charge in [0.15, 0.2) is 0 Å². The number of anilines is 2. The normalized spacial score (nSPS) is 11.1. The second kappa shape index (κ2) is 8.77.